The van der Waals surface area contributed by atoms with Crippen molar-refractivity contribution in [3.63, 3.8) is 0 Å². The molecule has 58 valence electrons. The molecule has 0 radical (unpaired) electrons. The molecule has 0 heterocycles. The van der Waals surface area contributed by atoms with Gasteiger partial charge in [-0.1, -0.05) is 20.8 Å². The first-order valence-corrected chi connectivity index (χ1v) is 4.72. The van der Waals surface area contributed by atoms with Gasteiger partial charge in [-0.3, -0.25) is 0 Å². The molecule has 0 heteroatoms. The Morgan fingerprint density at radius 3 is 2.10 bits per heavy atom. The molecule has 0 bridgehead atoms. The third kappa shape index (κ3) is 0.889. The van der Waals surface area contributed by atoms with Gasteiger partial charge in [0.25, 0.3) is 0 Å². The maximum Gasteiger partial charge on any atom is -0.0324 e. The molecule has 3 atom stereocenters. The van der Waals surface area contributed by atoms with Gasteiger partial charge in [-0.15, -0.1) is 0 Å². The normalized spacial score (nSPS) is 46.2. The smallest absolute Gasteiger partial charge is 0.0324 e. The highest BCUT2D eigenvalue weighted by Crippen LogP contribution is 2.61. The summed E-state index contributed by atoms with van der Waals surface area (Å²) in [6.07, 6.45) is 3.08. The summed E-state index contributed by atoms with van der Waals surface area (Å²) < 4.78 is 0. The van der Waals surface area contributed by atoms with Crippen molar-refractivity contribution in [2.45, 2.75) is 33.6 Å². The van der Waals surface area contributed by atoms with Gasteiger partial charge in [-0.25, -0.2) is 0 Å². The molecule has 0 aliphatic heterocycles. The van der Waals surface area contributed by atoms with E-state index in [1.807, 2.05) is 0 Å². The second kappa shape index (κ2) is 1.99. The molecule has 0 N–H and O–H groups in total. The maximum atomic E-state index is 2.44. The highest BCUT2D eigenvalue weighted by molar-refractivity contribution is 5.03. The molecule has 2 fully saturated rings. The lowest BCUT2D eigenvalue weighted by atomic mass is 10.1. The lowest BCUT2D eigenvalue weighted by Gasteiger charge is -2.00. The molecule has 2 aliphatic rings. The highest BCUT2D eigenvalue weighted by Gasteiger charge is 2.54. The van der Waals surface area contributed by atoms with E-state index in [-0.39, 0.29) is 0 Å². The van der Waals surface area contributed by atoms with E-state index in [0.29, 0.717) is 0 Å². The van der Waals surface area contributed by atoms with Crippen LogP contribution in [-0.2, 0) is 0 Å². The molecule has 0 nitrogen and oxygen atoms in total. The third-order valence-corrected chi connectivity index (χ3v) is 3.45. The number of rotatable bonds is 2. The summed E-state index contributed by atoms with van der Waals surface area (Å²) in [5.41, 5.74) is 0. The first-order chi connectivity index (χ1) is 4.72. The fraction of sp³-hybridized carbons (Fsp3) is 1.00. The summed E-state index contributed by atoms with van der Waals surface area (Å²) in [7, 11) is 0. The van der Waals surface area contributed by atoms with Crippen LogP contribution in [0.25, 0.3) is 0 Å². The van der Waals surface area contributed by atoms with Crippen LogP contribution in [0.4, 0.5) is 0 Å². The van der Waals surface area contributed by atoms with Crippen molar-refractivity contribution >= 4 is 0 Å². The van der Waals surface area contributed by atoms with Gasteiger partial charge in [0.2, 0.25) is 0 Å². The van der Waals surface area contributed by atoms with Crippen molar-refractivity contribution in [3.8, 4) is 0 Å². The Morgan fingerprint density at radius 1 is 1.20 bits per heavy atom. The number of hydrogen-bond donors (Lipinski definition) is 0. The Balaban J connectivity index is 1.90. The molecule has 2 saturated carbocycles. The van der Waals surface area contributed by atoms with Crippen molar-refractivity contribution in [1.82, 2.24) is 0 Å². The quantitative estimate of drug-likeness (QED) is 0.550. The molecule has 0 spiro atoms. The third-order valence-electron chi connectivity index (χ3n) is 3.45. The van der Waals surface area contributed by atoms with Gasteiger partial charge in [0, 0.05) is 0 Å². The molecule has 10 heavy (non-hydrogen) atoms. The van der Waals surface area contributed by atoms with E-state index >= 15 is 0 Å². The van der Waals surface area contributed by atoms with E-state index in [2.05, 4.69) is 20.8 Å². The van der Waals surface area contributed by atoms with Crippen molar-refractivity contribution in [2.24, 2.45) is 29.6 Å². The molecule has 0 aromatic heterocycles. The molecule has 2 aliphatic carbocycles. The van der Waals surface area contributed by atoms with Crippen molar-refractivity contribution < 1.29 is 0 Å². The summed E-state index contributed by atoms with van der Waals surface area (Å²) in [6, 6.07) is 0. The fourth-order valence-electron chi connectivity index (χ4n) is 2.80. The Morgan fingerprint density at radius 2 is 1.80 bits per heavy atom. The average Bonchev–Trinajstić information content (AvgIpc) is 2.57. The van der Waals surface area contributed by atoms with Crippen LogP contribution in [0.2, 0.25) is 0 Å². The Hall–Kier alpha value is 0. The summed E-state index contributed by atoms with van der Waals surface area (Å²) in [6.45, 7) is 7.20. The molecular formula is C10H18. The van der Waals surface area contributed by atoms with Crippen LogP contribution in [-0.4, -0.2) is 0 Å². The van der Waals surface area contributed by atoms with E-state index in [0.717, 1.165) is 29.6 Å². The zero-order valence-electron chi connectivity index (χ0n) is 7.30. The van der Waals surface area contributed by atoms with Gasteiger partial charge < -0.3 is 0 Å². The number of hydrogen-bond acceptors (Lipinski definition) is 0. The largest absolute Gasteiger partial charge is 0.0625 e. The van der Waals surface area contributed by atoms with Crippen LogP contribution in [0.1, 0.15) is 33.6 Å². The van der Waals surface area contributed by atoms with Gasteiger partial charge in [-0.05, 0) is 42.4 Å². The Labute approximate surface area is 64.0 Å². The van der Waals surface area contributed by atoms with Crippen molar-refractivity contribution in [3.05, 3.63) is 0 Å². The molecule has 3 unspecified atom stereocenters. The Bertz CT molecular complexity index is 125. The fourth-order valence-corrected chi connectivity index (χ4v) is 2.80. The second-order valence-corrected chi connectivity index (χ2v) is 4.60. The van der Waals surface area contributed by atoms with Crippen LogP contribution in [0, 0.1) is 29.6 Å². The van der Waals surface area contributed by atoms with E-state index in [9.17, 15) is 0 Å². The minimum Gasteiger partial charge on any atom is -0.0625 e. The molecule has 2 rings (SSSR count). The second-order valence-electron chi connectivity index (χ2n) is 4.60. The molecular weight excluding hydrogens is 120 g/mol. The molecule has 0 saturated heterocycles. The standard InChI is InChI=1S/C10H18/c1-6(2)9-7(3)10(9)8-4-5-8/h6-10H,4-5H2,1-3H3. The van der Waals surface area contributed by atoms with E-state index in [1.54, 1.807) is 0 Å². The summed E-state index contributed by atoms with van der Waals surface area (Å²) in [5, 5.41) is 0. The monoisotopic (exact) mass is 138 g/mol. The van der Waals surface area contributed by atoms with Crippen LogP contribution in [0.5, 0.6) is 0 Å². The van der Waals surface area contributed by atoms with Crippen LogP contribution < -0.4 is 0 Å². The molecule has 0 aromatic rings. The lowest BCUT2D eigenvalue weighted by Crippen LogP contribution is -1.93. The van der Waals surface area contributed by atoms with Crippen molar-refractivity contribution in [2.75, 3.05) is 0 Å². The average molecular weight is 138 g/mol. The van der Waals surface area contributed by atoms with E-state index in [4.69, 9.17) is 0 Å². The highest BCUT2D eigenvalue weighted by atomic mass is 14.6. The Kier molecular flexibility index (Phi) is 1.33. The van der Waals surface area contributed by atoms with E-state index in [1.165, 1.54) is 12.8 Å². The minimum absolute atomic E-state index is 0.945. The zero-order chi connectivity index (χ0) is 7.30. The van der Waals surface area contributed by atoms with Gasteiger partial charge in [0.1, 0.15) is 0 Å². The lowest BCUT2D eigenvalue weighted by molar-refractivity contribution is 0.490. The first kappa shape index (κ1) is 6.69. The molecule has 0 amide bonds. The predicted molar refractivity (Wildman–Crippen MR) is 43.7 cm³/mol. The summed E-state index contributed by atoms with van der Waals surface area (Å²) in [4.78, 5) is 0. The van der Waals surface area contributed by atoms with Gasteiger partial charge in [-0.2, -0.15) is 0 Å². The van der Waals surface area contributed by atoms with Gasteiger partial charge in [0.15, 0.2) is 0 Å². The minimum atomic E-state index is 0.945. The zero-order valence-corrected chi connectivity index (χ0v) is 7.30. The SMILES string of the molecule is CC(C)C1C(C)C1C1CC1. The van der Waals surface area contributed by atoms with E-state index < -0.39 is 0 Å². The topological polar surface area (TPSA) is 0 Å². The first-order valence-electron chi connectivity index (χ1n) is 4.72. The van der Waals surface area contributed by atoms with Crippen LogP contribution in [0.3, 0.4) is 0 Å². The van der Waals surface area contributed by atoms with Crippen LogP contribution >= 0.6 is 0 Å². The maximum absolute atomic E-state index is 2.44. The predicted octanol–water partition coefficient (Wildman–Crippen LogP) is 2.93. The van der Waals surface area contributed by atoms with Gasteiger partial charge >= 0.3 is 0 Å². The van der Waals surface area contributed by atoms with Crippen molar-refractivity contribution in [1.29, 1.82) is 0 Å². The van der Waals surface area contributed by atoms with Crippen LogP contribution in [0.15, 0.2) is 0 Å². The molecule has 0 aromatic carbocycles. The van der Waals surface area contributed by atoms with Gasteiger partial charge in [0.05, 0.1) is 0 Å². The summed E-state index contributed by atoms with van der Waals surface area (Å²) in [5.74, 6) is 5.39. The summed E-state index contributed by atoms with van der Waals surface area (Å²) >= 11 is 0.